The average Bonchev–Trinajstić information content (AvgIpc) is 3.17. The molecule has 1 aliphatic rings. The summed E-state index contributed by atoms with van der Waals surface area (Å²) in [6, 6.07) is 7.10. The van der Waals surface area contributed by atoms with Crippen LogP contribution >= 0.6 is 11.3 Å². The maximum absolute atomic E-state index is 13.2. The molecule has 1 aromatic heterocycles. The third-order valence-corrected chi connectivity index (χ3v) is 7.43. The van der Waals surface area contributed by atoms with Crippen LogP contribution in [0.4, 0.5) is 5.13 Å². The summed E-state index contributed by atoms with van der Waals surface area (Å²) in [5.41, 5.74) is 0.778. The molecule has 0 amide bonds. The standard InChI is InChI=1S/C17H23N5O4S2/c1-20(2)12-13-5-3-4-6-15(13)28(24,25)22-9-7-21(8-10-22)17-19-11-14(27-17)16(23)26-18/h3-6,11H,7-10,12,18H2,1-2H3. The molecule has 3 rings (SSSR count). The molecule has 152 valence electrons. The Labute approximate surface area is 168 Å². The quantitative estimate of drug-likeness (QED) is 0.675. The number of hydrogen-bond donors (Lipinski definition) is 1. The zero-order valence-corrected chi connectivity index (χ0v) is 17.4. The van der Waals surface area contributed by atoms with Gasteiger partial charge in [-0.3, -0.25) is 0 Å². The summed E-state index contributed by atoms with van der Waals surface area (Å²) in [6.45, 7) is 2.21. The third-order valence-electron chi connectivity index (χ3n) is 4.39. The van der Waals surface area contributed by atoms with Crippen LogP contribution in [0.5, 0.6) is 0 Å². The van der Waals surface area contributed by atoms with Crippen molar-refractivity contribution in [2.24, 2.45) is 5.90 Å². The highest BCUT2D eigenvalue weighted by atomic mass is 32.2. The van der Waals surface area contributed by atoms with Crippen molar-refractivity contribution in [3.8, 4) is 0 Å². The fourth-order valence-electron chi connectivity index (χ4n) is 3.05. The van der Waals surface area contributed by atoms with E-state index in [9.17, 15) is 13.2 Å². The monoisotopic (exact) mass is 425 g/mol. The summed E-state index contributed by atoms with van der Waals surface area (Å²) in [5.74, 6) is 4.26. The van der Waals surface area contributed by atoms with Crippen LogP contribution in [0.2, 0.25) is 0 Å². The molecule has 2 heterocycles. The van der Waals surface area contributed by atoms with Crippen molar-refractivity contribution in [3.05, 3.63) is 40.9 Å². The van der Waals surface area contributed by atoms with E-state index in [1.54, 1.807) is 12.1 Å². The number of sulfonamides is 1. The van der Waals surface area contributed by atoms with Crippen molar-refractivity contribution in [2.75, 3.05) is 45.2 Å². The van der Waals surface area contributed by atoms with E-state index in [1.165, 1.54) is 21.8 Å². The zero-order valence-electron chi connectivity index (χ0n) is 15.7. The summed E-state index contributed by atoms with van der Waals surface area (Å²) in [6.07, 6.45) is 1.41. The van der Waals surface area contributed by atoms with E-state index in [0.29, 0.717) is 47.6 Å². The number of thiazole rings is 1. The van der Waals surface area contributed by atoms with Crippen molar-refractivity contribution in [1.82, 2.24) is 14.2 Å². The van der Waals surface area contributed by atoms with Gasteiger partial charge in [-0.25, -0.2) is 18.2 Å². The highest BCUT2D eigenvalue weighted by molar-refractivity contribution is 7.89. The molecular weight excluding hydrogens is 402 g/mol. The topological polar surface area (TPSA) is 109 Å². The van der Waals surface area contributed by atoms with Crippen molar-refractivity contribution in [2.45, 2.75) is 11.4 Å². The summed E-state index contributed by atoms with van der Waals surface area (Å²) < 4.78 is 27.8. The molecular formula is C17H23N5O4S2. The number of rotatable bonds is 6. The third kappa shape index (κ3) is 4.33. The molecule has 0 bridgehead atoms. The van der Waals surface area contributed by atoms with Crippen molar-refractivity contribution in [3.63, 3.8) is 0 Å². The first kappa shape index (κ1) is 20.7. The van der Waals surface area contributed by atoms with E-state index in [0.717, 1.165) is 5.56 Å². The van der Waals surface area contributed by atoms with Crippen LogP contribution in [0.15, 0.2) is 35.4 Å². The molecule has 0 unspecified atom stereocenters. The maximum atomic E-state index is 13.2. The Morgan fingerprint density at radius 2 is 1.93 bits per heavy atom. The highest BCUT2D eigenvalue weighted by Gasteiger charge is 2.31. The molecule has 0 saturated carbocycles. The van der Waals surface area contributed by atoms with Crippen molar-refractivity contribution < 1.29 is 18.0 Å². The van der Waals surface area contributed by atoms with Gasteiger partial charge in [-0.2, -0.15) is 10.2 Å². The fraction of sp³-hybridized carbons (Fsp3) is 0.412. The van der Waals surface area contributed by atoms with Gasteiger partial charge in [0.1, 0.15) is 4.88 Å². The van der Waals surface area contributed by atoms with Gasteiger partial charge in [0.2, 0.25) is 10.0 Å². The molecule has 1 saturated heterocycles. The van der Waals surface area contributed by atoms with Gasteiger partial charge in [0.05, 0.1) is 11.1 Å². The van der Waals surface area contributed by atoms with E-state index >= 15 is 0 Å². The Kier molecular flexibility index (Phi) is 6.30. The van der Waals surface area contributed by atoms with Gasteiger partial charge in [0, 0.05) is 32.7 Å². The Hall–Kier alpha value is -2.05. The molecule has 0 aliphatic carbocycles. The molecule has 0 atom stereocenters. The second-order valence-corrected chi connectivity index (χ2v) is 9.56. The van der Waals surface area contributed by atoms with Crippen LogP contribution in [0, 0.1) is 0 Å². The van der Waals surface area contributed by atoms with Gasteiger partial charge >= 0.3 is 5.97 Å². The SMILES string of the molecule is CN(C)Cc1ccccc1S(=O)(=O)N1CCN(c2ncc(C(=O)ON)s2)CC1. The fourth-order valence-corrected chi connectivity index (χ4v) is 5.54. The first-order valence-electron chi connectivity index (χ1n) is 8.67. The van der Waals surface area contributed by atoms with E-state index < -0.39 is 16.0 Å². The van der Waals surface area contributed by atoms with Crippen LogP contribution in [-0.4, -0.2) is 68.9 Å². The van der Waals surface area contributed by atoms with Crippen molar-refractivity contribution >= 4 is 32.5 Å². The molecule has 0 spiro atoms. The smallest absolute Gasteiger partial charge is 0.368 e. The summed E-state index contributed by atoms with van der Waals surface area (Å²) >= 11 is 1.17. The van der Waals surface area contributed by atoms with Crippen LogP contribution < -0.4 is 10.8 Å². The second-order valence-electron chi connectivity index (χ2n) is 6.65. The van der Waals surface area contributed by atoms with Gasteiger partial charge in [0.25, 0.3) is 0 Å². The number of carbonyl (C=O) groups is 1. The van der Waals surface area contributed by atoms with E-state index in [4.69, 9.17) is 5.90 Å². The number of nitrogens with zero attached hydrogens (tertiary/aromatic N) is 4. The Morgan fingerprint density at radius 1 is 1.25 bits per heavy atom. The molecule has 9 nitrogen and oxygen atoms in total. The van der Waals surface area contributed by atoms with Gasteiger partial charge in [-0.15, -0.1) is 0 Å². The normalized spacial score (nSPS) is 15.8. The lowest BCUT2D eigenvalue weighted by Gasteiger charge is -2.34. The van der Waals surface area contributed by atoms with Gasteiger partial charge in [0.15, 0.2) is 5.13 Å². The van der Waals surface area contributed by atoms with E-state index in [-0.39, 0.29) is 0 Å². The number of anilines is 1. The number of benzene rings is 1. The molecule has 1 aliphatic heterocycles. The summed E-state index contributed by atoms with van der Waals surface area (Å²) in [4.78, 5) is 24.4. The molecule has 1 aromatic carbocycles. The summed E-state index contributed by atoms with van der Waals surface area (Å²) in [5, 5.41) is 0.644. The minimum atomic E-state index is -3.58. The largest absolute Gasteiger partial charge is 0.369 e. The Morgan fingerprint density at radius 3 is 2.57 bits per heavy atom. The summed E-state index contributed by atoms with van der Waals surface area (Å²) in [7, 11) is 0.232. The minimum Gasteiger partial charge on any atom is -0.369 e. The predicted molar refractivity (Wildman–Crippen MR) is 107 cm³/mol. The minimum absolute atomic E-state index is 0.310. The lowest BCUT2D eigenvalue weighted by molar-refractivity contribution is 0.0509. The van der Waals surface area contributed by atoms with Crippen LogP contribution in [0.1, 0.15) is 15.2 Å². The van der Waals surface area contributed by atoms with Crippen LogP contribution in [0.3, 0.4) is 0 Å². The van der Waals surface area contributed by atoms with Crippen LogP contribution in [-0.2, 0) is 21.4 Å². The molecule has 11 heteroatoms. The second kappa shape index (κ2) is 8.53. The number of piperazine rings is 1. The molecule has 28 heavy (non-hydrogen) atoms. The van der Waals surface area contributed by atoms with E-state index in [1.807, 2.05) is 36.0 Å². The van der Waals surface area contributed by atoms with E-state index in [2.05, 4.69) is 9.82 Å². The molecule has 2 N–H and O–H groups in total. The molecule has 2 aromatic rings. The lowest BCUT2D eigenvalue weighted by atomic mass is 10.2. The molecule has 0 radical (unpaired) electrons. The van der Waals surface area contributed by atoms with Crippen LogP contribution in [0.25, 0.3) is 0 Å². The predicted octanol–water partition coefficient (Wildman–Crippen LogP) is 0.746. The maximum Gasteiger partial charge on any atom is 0.368 e. The number of aromatic nitrogens is 1. The lowest BCUT2D eigenvalue weighted by Crippen LogP contribution is -2.48. The highest BCUT2D eigenvalue weighted by Crippen LogP contribution is 2.27. The van der Waals surface area contributed by atoms with Crippen molar-refractivity contribution in [1.29, 1.82) is 0 Å². The average molecular weight is 426 g/mol. The Balaban J connectivity index is 1.72. The van der Waals surface area contributed by atoms with Gasteiger partial charge in [-0.1, -0.05) is 29.5 Å². The number of carbonyl (C=O) groups excluding carboxylic acids is 1. The number of nitrogens with two attached hydrogens (primary N) is 1. The Bertz CT molecular complexity index is 937. The first-order valence-corrected chi connectivity index (χ1v) is 10.9. The number of hydrogen-bond acceptors (Lipinski definition) is 9. The van der Waals surface area contributed by atoms with Gasteiger partial charge in [-0.05, 0) is 25.7 Å². The van der Waals surface area contributed by atoms with Gasteiger partial charge < -0.3 is 14.6 Å². The molecule has 1 fully saturated rings. The zero-order chi connectivity index (χ0) is 20.3. The first-order chi connectivity index (χ1) is 13.3.